The topological polar surface area (TPSA) is 113 Å². The second kappa shape index (κ2) is 5.80. The Morgan fingerprint density at radius 2 is 1.91 bits per heavy atom. The van der Waals surface area contributed by atoms with Gasteiger partial charge in [0.2, 0.25) is 5.91 Å². The Hall–Kier alpha value is -2.97. The first-order valence-corrected chi connectivity index (χ1v) is 6.82. The van der Waals surface area contributed by atoms with Gasteiger partial charge in [-0.05, 0) is 34.7 Å². The van der Waals surface area contributed by atoms with Gasteiger partial charge >= 0.3 is 5.69 Å². The van der Waals surface area contributed by atoms with Crippen LogP contribution in [0.15, 0.2) is 29.1 Å². The molecule has 1 aliphatic heterocycles. The van der Waals surface area contributed by atoms with Gasteiger partial charge in [0.15, 0.2) is 0 Å². The van der Waals surface area contributed by atoms with Gasteiger partial charge in [-0.1, -0.05) is 0 Å². The molecule has 2 N–H and O–H groups in total. The van der Waals surface area contributed by atoms with Crippen molar-refractivity contribution in [3.8, 4) is 5.69 Å². The zero-order valence-corrected chi connectivity index (χ0v) is 11.7. The summed E-state index contributed by atoms with van der Waals surface area (Å²) in [5.41, 5.74) is 0.564. The van der Waals surface area contributed by atoms with E-state index in [2.05, 4.69) is 20.8 Å². The van der Waals surface area contributed by atoms with Crippen molar-refractivity contribution in [2.45, 2.75) is 6.42 Å². The van der Waals surface area contributed by atoms with Crippen LogP contribution in [0.1, 0.15) is 16.8 Å². The van der Waals surface area contributed by atoms with Crippen molar-refractivity contribution in [2.75, 3.05) is 19.6 Å². The summed E-state index contributed by atoms with van der Waals surface area (Å²) < 4.78 is 1.10. The third-order valence-electron chi connectivity index (χ3n) is 3.43. The quantitative estimate of drug-likeness (QED) is 0.732. The highest BCUT2D eigenvalue weighted by Gasteiger charge is 2.19. The zero-order chi connectivity index (χ0) is 15.5. The summed E-state index contributed by atoms with van der Waals surface area (Å²) in [5, 5.41) is 12.0. The number of hydrogen-bond acceptors (Lipinski definition) is 5. The van der Waals surface area contributed by atoms with Crippen molar-refractivity contribution in [1.82, 2.24) is 30.4 Å². The highest BCUT2D eigenvalue weighted by Crippen LogP contribution is 2.10. The largest absolute Gasteiger partial charge is 0.365 e. The minimum atomic E-state index is -0.448. The minimum Gasteiger partial charge on any atom is -0.354 e. The molecule has 1 fully saturated rings. The molecule has 0 aliphatic carbocycles. The molecule has 0 unspecified atom stereocenters. The van der Waals surface area contributed by atoms with Gasteiger partial charge < -0.3 is 10.2 Å². The first-order chi connectivity index (χ1) is 10.6. The average molecular weight is 302 g/mol. The average Bonchev–Trinajstić information content (AvgIpc) is 2.84. The number of benzene rings is 1. The van der Waals surface area contributed by atoms with E-state index in [1.165, 1.54) is 0 Å². The Morgan fingerprint density at radius 3 is 2.59 bits per heavy atom. The number of amides is 2. The monoisotopic (exact) mass is 302 g/mol. The maximum absolute atomic E-state index is 12.4. The molecule has 1 aromatic heterocycles. The molecule has 2 heterocycles. The number of carbonyl (C=O) groups is 2. The Labute approximate surface area is 124 Å². The van der Waals surface area contributed by atoms with Crippen LogP contribution in [0, 0.1) is 0 Å². The fourth-order valence-corrected chi connectivity index (χ4v) is 2.26. The van der Waals surface area contributed by atoms with Crippen LogP contribution in [-0.2, 0) is 4.79 Å². The molecule has 9 heteroatoms. The normalized spacial score (nSPS) is 15.3. The van der Waals surface area contributed by atoms with Crippen LogP contribution in [0.5, 0.6) is 0 Å². The van der Waals surface area contributed by atoms with Crippen LogP contribution >= 0.6 is 0 Å². The lowest BCUT2D eigenvalue weighted by atomic mass is 10.1. The number of aromatic amines is 1. The number of nitrogens with one attached hydrogen (secondary N) is 2. The van der Waals surface area contributed by atoms with Crippen LogP contribution in [0.2, 0.25) is 0 Å². The van der Waals surface area contributed by atoms with Crippen molar-refractivity contribution < 1.29 is 9.59 Å². The van der Waals surface area contributed by atoms with E-state index in [1.807, 2.05) is 0 Å². The maximum Gasteiger partial charge on any atom is 0.365 e. The first kappa shape index (κ1) is 14.0. The first-order valence-electron chi connectivity index (χ1n) is 6.82. The predicted molar refractivity (Wildman–Crippen MR) is 75.5 cm³/mol. The predicted octanol–water partition coefficient (Wildman–Crippen LogP) is -1.08. The number of nitrogens with zero attached hydrogens (tertiary/aromatic N) is 4. The summed E-state index contributed by atoms with van der Waals surface area (Å²) in [5.74, 6) is -0.188. The Bertz CT molecular complexity index is 748. The summed E-state index contributed by atoms with van der Waals surface area (Å²) in [6, 6.07) is 6.49. The lowest BCUT2D eigenvalue weighted by Gasteiger charge is -2.19. The summed E-state index contributed by atoms with van der Waals surface area (Å²) >= 11 is 0. The molecule has 0 bridgehead atoms. The van der Waals surface area contributed by atoms with Crippen LogP contribution in [0.4, 0.5) is 0 Å². The van der Waals surface area contributed by atoms with Crippen LogP contribution < -0.4 is 11.0 Å². The van der Waals surface area contributed by atoms with E-state index in [1.54, 1.807) is 29.2 Å². The van der Waals surface area contributed by atoms with Crippen molar-refractivity contribution in [3.63, 3.8) is 0 Å². The van der Waals surface area contributed by atoms with E-state index in [0.717, 1.165) is 4.68 Å². The fourth-order valence-electron chi connectivity index (χ4n) is 2.26. The number of carbonyl (C=O) groups excluding carboxylic acids is 2. The summed E-state index contributed by atoms with van der Waals surface area (Å²) in [7, 11) is 0. The molecular weight excluding hydrogens is 288 g/mol. The summed E-state index contributed by atoms with van der Waals surface area (Å²) in [6.07, 6.45) is 0.304. The molecule has 1 aromatic carbocycles. The smallest absolute Gasteiger partial charge is 0.354 e. The van der Waals surface area contributed by atoms with Crippen LogP contribution in [-0.4, -0.2) is 56.6 Å². The number of H-pyrrole nitrogens is 1. The van der Waals surface area contributed by atoms with Crippen molar-refractivity contribution >= 4 is 11.8 Å². The minimum absolute atomic E-state index is 0.0453. The number of hydrogen-bond donors (Lipinski definition) is 2. The fraction of sp³-hybridized carbons (Fsp3) is 0.308. The van der Waals surface area contributed by atoms with Gasteiger partial charge in [0.25, 0.3) is 5.91 Å². The third-order valence-corrected chi connectivity index (χ3v) is 3.43. The maximum atomic E-state index is 12.4. The molecule has 1 saturated heterocycles. The second-order valence-electron chi connectivity index (χ2n) is 4.86. The molecule has 0 radical (unpaired) electrons. The third kappa shape index (κ3) is 2.73. The molecule has 22 heavy (non-hydrogen) atoms. The van der Waals surface area contributed by atoms with Crippen LogP contribution in [0.3, 0.4) is 0 Å². The van der Waals surface area contributed by atoms with Crippen molar-refractivity contribution in [2.24, 2.45) is 0 Å². The molecule has 2 amide bonds. The summed E-state index contributed by atoms with van der Waals surface area (Å²) in [6.45, 7) is 1.33. The zero-order valence-electron chi connectivity index (χ0n) is 11.7. The van der Waals surface area contributed by atoms with Gasteiger partial charge in [-0.25, -0.2) is 9.89 Å². The lowest BCUT2D eigenvalue weighted by molar-refractivity contribution is -0.120. The van der Waals surface area contributed by atoms with E-state index in [4.69, 9.17) is 0 Å². The van der Waals surface area contributed by atoms with Crippen molar-refractivity contribution in [1.29, 1.82) is 0 Å². The molecular formula is C13H14N6O3. The molecule has 0 atom stereocenters. The Kier molecular flexibility index (Phi) is 3.69. The van der Waals surface area contributed by atoms with E-state index in [-0.39, 0.29) is 11.8 Å². The SMILES string of the molecule is O=C1CCN(C(=O)c2ccc(-n3nn[nH]c3=O)cc2)CCN1. The molecule has 3 rings (SSSR count). The van der Waals surface area contributed by atoms with Gasteiger partial charge in [-0.2, -0.15) is 4.68 Å². The number of rotatable bonds is 2. The molecule has 1 aliphatic rings. The molecule has 2 aromatic rings. The van der Waals surface area contributed by atoms with Crippen molar-refractivity contribution in [3.05, 3.63) is 40.3 Å². The van der Waals surface area contributed by atoms with Gasteiger partial charge in [-0.3, -0.25) is 9.59 Å². The van der Waals surface area contributed by atoms with Crippen LogP contribution in [0.25, 0.3) is 5.69 Å². The molecule has 0 saturated carbocycles. The van der Waals surface area contributed by atoms with Gasteiger partial charge in [-0.15, -0.1) is 0 Å². The summed E-state index contributed by atoms with van der Waals surface area (Å²) in [4.78, 5) is 36.8. The number of aromatic nitrogens is 4. The number of tetrazole rings is 1. The van der Waals surface area contributed by atoms with E-state index >= 15 is 0 Å². The molecule has 0 spiro atoms. The van der Waals surface area contributed by atoms with Gasteiger partial charge in [0.1, 0.15) is 0 Å². The lowest BCUT2D eigenvalue weighted by Crippen LogP contribution is -2.34. The van der Waals surface area contributed by atoms with E-state index in [0.29, 0.717) is 37.3 Å². The van der Waals surface area contributed by atoms with Gasteiger partial charge in [0, 0.05) is 31.6 Å². The highest BCUT2D eigenvalue weighted by molar-refractivity contribution is 5.94. The Balaban J connectivity index is 1.77. The van der Waals surface area contributed by atoms with Gasteiger partial charge in [0.05, 0.1) is 5.69 Å². The highest BCUT2D eigenvalue weighted by atomic mass is 16.2. The second-order valence-corrected chi connectivity index (χ2v) is 4.86. The molecule has 114 valence electrons. The van der Waals surface area contributed by atoms with E-state index < -0.39 is 5.69 Å². The standard InChI is InChI=1S/C13H14N6O3/c20-11-5-7-18(8-6-14-11)12(21)9-1-3-10(4-2-9)19-13(22)15-16-17-19/h1-4H,5-8H2,(H,14,20)(H,15,17,22). The Morgan fingerprint density at radius 1 is 1.14 bits per heavy atom. The van der Waals surface area contributed by atoms with E-state index in [9.17, 15) is 14.4 Å². The molecule has 9 nitrogen and oxygen atoms in total.